The van der Waals surface area contributed by atoms with E-state index in [0.717, 1.165) is 9.87 Å². The van der Waals surface area contributed by atoms with Gasteiger partial charge in [0.05, 0.1) is 27.7 Å². The molecule has 8 nitrogen and oxygen atoms in total. The smallest absolute Gasteiger partial charge is 0.256 e. The maximum atomic E-state index is 13.3. The second kappa shape index (κ2) is 8.76. The molecule has 2 aromatic carbocycles. The Bertz CT molecular complexity index is 1430. The van der Waals surface area contributed by atoms with E-state index >= 15 is 0 Å². The number of rotatable bonds is 6. The van der Waals surface area contributed by atoms with Crippen molar-refractivity contribution >= 4 is 32.7 Å². The lowest BCUT2D eigenvalue weighted by Crippen LogP contribution is -2.22. The molecular formula is C24H25N5O3S. The molecule has 4 aromatic rings. The van der Waals surface area contributed by atoms with Crippen LogP contribution in [0.2, 0.25) is 0 Å². The fourth-order valence-corrected chi connectivity index (χ4v) is 4.43. The van der Waals surface area contributed by atoms with Crippen molar-refractivity contribution in [2.75, 3.05) is 19.4 Å². The molecule has 0 spiro atoms. The second-order valence-electron chi connectivity index (χ2n) is 8.11. The highest BCUT2D eigenvalue weighted by molar-refractivity contribution is 7.89. The molecule has 4 rings (SSSR count). The van der Waals surface area contributed by atoms with E-state index in [1.165, 1.54) is 26.2 Å². The van der Waals surface area contributed by atoms with Crippen molar-refractivity contribution in [2.24, 2.45) is 0 Å². The molecular weight excluding hydrogens is 438 g/mol. The Morgan fingerprint density at radius 2 is 1.76 bits per heavy atom. The van der Waals surface area contributed by atoms with Crippen LogP contribution in [-0.4, -0.2) is 47.5 Å². The molecule has 2 heterocycles. The van der Waals surface area contributed by atoms with Crippen molar-refractivity contribution in [2.45, 2.75) is 24.8 Å². The highest BCUT2D eigenvalue weighted by Crippen LogP contribution is 2.27. The van der Waals surface area contributed by atoms with Gasteiger partial charge in [-0.1, -0.05) is 36.4 Å². The third-order valence-electron chi connectivity index (χ3n) is 5.24. The van der Waals surface area contributed by atoms with Crippen LogP contribution in [0.25, 0.3) is 22.3 Å². The van der Waals surface area contributed by atoms with Gasteiger partial charge in [-0.2, -0.15) is 5.10 Å². The van der Waals surface area contributed by atoms with Crippen LogP contribution in [0, 0.1) is 0 Å². The molecule has 0 bridgehead atoms. The van der Waals surface area contributed by atoms with E-state index in [4.69, 9.17) is 4.98 Å². The summed E-state index contributed by atoms with van der Waals surface area (Å²) in [5.74, 6) is -0.373. The largest absolute Gasteiger partial charge is 0.322 e. The topological polar surface area (TPSA) is 97.2 Å². The van der Waals surface area contributed by atoms with Gasteiger partial charge in [-0.15, -0.1) is 0 Å². The number of aromatic nitrogens is 3. The van der Waals surface area contributed by atoms with Gasteiger partial charge in [-0.25, -0.2) is 22.4 Å². The van der Waals surface area contributed by atoms with Crippen LogP contribution in [-0.2, 0) is 10.0 Å². The Hall–Kier alpha value is -3.56. The summed E-state index contributed by atoms with van der Waals surface area (Å²) in [7, 11) is -0.697. The standard InChI is InChI=1S/C24H25N5O3S/c1-16(2)29-23-21(15-25-29)20(14-22(27-23)17-9-6-5-7-10-17)24(30)26-18-11-8-12-19(13-18)33(31,32)28(3)4/h5-16H,1-4H3,(H,26,30). The van der Waals surface area contributed by atoms with Crippen LogP contribution in [0.1, 0.15) is 30.2 Å². The molecule has 0 radical (unpaired) electrons. The zero-order valence-corrected chi connectivity index (χ0v) is 19.7. The number of sulfonamides is 1. The van der Waals surface area contributed by atoms with Crippen LogP contribution in [0.5, 0.6) is 0 Å². The summed E-state index contributed by atoms with van der Waals surface area (Å²) in [6.45, 7) is 4.00. The first-order valence-corrected chi connectivity index (χ1v) is 11.9. The maximum absolute atomic E-state index is 13.3. The molecule has 0 aliphatic heterocycles. The third kappa shape index (κ3) is 4.37. The van der Waals surface area contributed by atoms with Crippen LogP contribution < -0.4 is 5.32 Å². The van der Waals surface area contributed by atoms with Gasteiger partial charge in [-0.3, -0.25) is 4.79 Å². The van der Waals surface area contributed by atoms with Crippen molar-refractivity contribution in [1.82, 2.24) is 19.1 Å². The number of pyridine rings is 1. The molecule has 0 fully saturated rings. The van der Waals surface area contributed by atoms with Gasteiger partial charge in [0.15, 0.2) is 5.65 Å². The van der Waals surface area contributed by atoms with Gasteiger partial charge >= 0.3 is 0 Å². The lowest BCUT2D eigenvalue weighted by atomic mass is 10.1. The average molecular weight is 464 g/mol. The van der Waals surface area contributed by atoms with Gasteiger partial charge < -0.3 is 5.32 Å². The molecule has 1 N–H and O–H groups in total. The minimum atomic E-state index is -3.62. The van der Waals surface area contributed by atoms with Gasteiger partial charge in [0, 0.05) is 31.4 Å². The van der Waals surface area contributed by atoms with Gasteiger partial charge in [0.25, 0.3) is 5.91 Å². The van der Waals surface area contributed by atoms with Crippen molar-refractivity contribution in [3.63, 3.8) is 0 Å². The fourth-order valence-electron chi connectivity index (χ4n) is 3.48. The first-order valence-electron chi connectivity index (χ1n) is 10.5. The van der Waals surface area contributed by atoms with E-state index in [2.05, 4.69) is 10.4 Å². The van der Waals surface area contributed by atoms with Gasteiger partial charge in [-0.05, 0) is 38.1 Å². The number of hydrogen-bond donors (Lipinski definition) is 1. The summed E-state index contributed by atoms with van der Waals surface area (Å²) in [5, 5.41) is 7.89. The average Bonchev–Trinajstić information content (AvgIpc) is 3.23. The predicted molar refractivity (Wildman–Crippen MR) is 129 cm³/mol. The first kappa shape index (κ1) is 22.6. The number of anilines is 1. The summed E-state index contributed by atoms with van der Waals surface area (Å²) in [5.41, 5.74) is 2.93. The Morgan fingerprint density at radius 1 is 1.03 bits per heavy atom. The second-order valence-corrected chi connectivity index (χ2v) is 10.3. The van der Waals surface area contributed by atoms with Crippen molar-refractivity contribution in [3.05, 3.63) is 72.4 Å². The molecule has 0 atom stereocenters. The van der Waals surface area contributed by atoms with E-state index in [1.807, 2.05) is 44.2 Å². The SMILES string of the molecule is CC(C)n1ncc2c(C(=O)Nc3cccc(S(=O)(=O)N(C)C)c3)cc(-c3ccccc3)nc21. The molecule has 0 saturated heterocycles. The summed E-state index contributed by atoms with van der Waals surface area (Å²) in [6, 6.07) is 17.6. The van der Waals surface area contributed by atoms with Crippen molar-refractivity contribution in [3.8, 4) is 11.3 Å². The summed E-state index contributed by atoms with van der Waals surface area (Å²) in [4.78, 5) is 18.2. The Balaban J connectivity index is 1.79. The van der Waals surface area contributed by atoms with Gasteiger partial charge in [0.1, 0.15) is 0 Å². The highest BCUT2D eigenvalue weighted by Gasteiger charge is 2.21. The molecule has 1 amide bonds. The van der Waals surface area contributed by atoms with E-state index < -0.39 is 10.0 Å². The number of benzene rings is 2. The lowest BCUT2D eigenvalue weighted by Gasteiger charge is -2.13. The van der Waals surface area contributed by atoms with Crippen molar-refractivity contribution < 1.29 is 13.2 Å². The molecule has 0 saturated carbocycles. The normalized spacial score (nSPS) is 11.9. The predicted octanol–water partition coefficient (Wildman–Crippen LogP) is 4.18. The summed E-state index contributed by atoms with van der Waals surface area (Å²) in [6.07, 6.45) is 1.64. The fraction of sp³-hybridized carbons (Fsp3) is 0.208. The molecule has 33 heavy (non-hydrogen) atoms. The minimum absolute atomic E-state index is 0.0601. The van der Waals surface area contributed by atoms with Gasteiger partial charge in [0.2, 0.25) is 10.0 Å². The van der Waals surface area contributed by atoms with E-state index in [0.29, 0.717) is 28.0 Å². The van der Waals surface area contributed by atoms with Crippen LogP contribution in [0.4, 0.5) is 5.69 Å². The molecule has 9 heteroatoms. The van der Waals surface area contributed by atoms with Crippen molar-refractivity contribution in [1.29, 1.82) is 0 Å². The molecule has 0 aliphatic rings. The zero-order valence-electron chi connectivity index (χ0n) is 18.9. The summed E-state index contributed by atoms with van der Waals surface area (Å²) < 4.78 is 27.9. The number of carbonyl (C=O) groups is 1. The van der Waals surface area contributed by atoms with Crippen LogP contribution >= 0.6 is 0 Å². The third-order valence-corrected chi connectivity index (χ3v) is 7.05. The van der Waals surface area contributed by atoms with E-state index in [1.54, 1.807) is 29.1 Å². The Labute approximate surface area is 192 Å². The van der Waals surface area contributed by atoms with Crippen LogP contribution in [0.15, 0.2) is 71.8 Å². The Morgan fingerprint density at radius 3 is 2.42 bits per heavy atom. The number of nitrogens with one attached hydrogen (secondary N) is 1. The number of hydrogen-bond acceptors (Lipinski definition) is 5. The lowest BCUT2D eigenvalue weighted by molar-refractivity contribution is 0.102. The monoisotopic (exact) mass is 463 g/mol. The molecule has 170 valence electrons. The maximum Gasteiger partial charge on any atom is 0.256 e. The highest BCUT2D eigenvalue weighted by atomic mass is 32.2. The number of fused-ring (bicyclic) bond motifs is 1. The minimum Gasteiger partial charge on any atom is -0.322 e. The summed E-state index contributed by atoms with van der Waals surface area (Å²) >= 11 is 0. The van der Waals surface area contributed by atoms with E-state index in [9.17, 15) is 13.2 Å². The molecule has 0 aliphatic carbocycles. The van der Waals surface area contributed by atoms with Crippen LogP contribution in [0.3, 0.4) is 0 Å². The Kier molecular flexibility index (Phi) is 6.01. The molecule has 0 unspecified atom stereocenters. The van der Waals surface area contributed by atoms with E-state index in [-0.39, 0.29) is 16.8 Å². The zero-order chi connectivity index (χ0) is 23.8. The molecule has 2 aromatic heterocycles. The quantitative estimate of drug-likeness (QED) is 0.463. The number of carbonyl (C=O) groups excluding carboxylic acids is 1. The number of nitrogens with zero attached hydrogens (tertiary/aromatic N) is 4. The first-order chi connectivity index (χ1) is 15.7. The number of amides is 1.